The lowest BCUT2D eigenvalue weighted by Gasteiger charge is -2.17. The predicted molar refractivity (Wildman–Crippen MR) is 107 cm³/mol. The zero-order valence-electron chi connectivity index (χ0n) is 16.3. The molecule has 1 aromatic carbocycles. The summed E-state index contributed by atoms with van der Waals surface area (Å²) in [5.41, 5.74) is 2.99. The van der Waals surface area contributed by atoms with Crippen molar-refractivity contribution >= 4 is 16.9 Å². The van der Waals surface area contributed by atoms with Gasteiger partial charge in [-0.2, -0.15) is 0 Å². The van der Waals surface area contributed by atoms with Crippen LogP contribution in [0.1, 0.15) is 24.9 Å². The highest BCUT2D eigenvalue weighted by Gasteiger charge is 2.25. The summed E-state index contributed by atoms with van der Waals surface area (Å²) in [7, 11) is 2.07. The maximum atomic E-state index is 11.1. The standard InChI is InChI=1S/C21H25N5O2/c1-15(27)23-12-16-11-17(7-9-22-16)28-18-8-10-26(13-18)14-21-24-19-5-3-4-6-20(19)25(21)2/h3-7,9,11,18H,8,10,12-14H2,1-2H3,(H,23,27). The van der Waals surface area contributed by atoms with Gasteiger partial charge in [0, 0.05) is 39.3 Å². The number of nitrogens with one attached hydrogen (secondary N) is 1. The molecule has 1 saturated heterocycles. The number of carbonyl (C=O) groups is 1. The number of pyridine rings is 1. The Morgan fingerprint density at radius 1 is 1.32 bits per heavy atom. The summed E-state index contributed by atoms with van der Waals surface area (Å²) in [5.74, 6) is 1.80. The van der Waals surface area contributed by atoms with E-state index in [1.807, 2.05) is 24.3 Å². The Bertz CT molecular complexity index is 984. The Hall–Kier alpha value is -2.93. The fourth-order valence-corrected chi connectivity index (χ4v) is 3.61. The number of amides is 1. The third kappa shape index (κ3) is 4.14. The molecule has 1 unspecified atom stereocenters. The molecule has 0 spiro atoms. The molecule has 2 aromatic heterocycles. The SMILES string of the molecule is CC(=O)NCc1cc(OC2CCN(Cc3nc4ccccc4n3C)C2)ccn1. The van der Waals surface area contributed by atoms with Gasteiger partial charge in [-0.25, -0.2) is 4.98 Å². The molecule has 146 valence electrons. The quantitative estimate of drug-likeness (QED) is 0.711. The summed E-state index contributed by atoms with van der Waals surface area (Å²) >= 11 is 0. The highest BCUT2D eigenvalue weighted by Crippen LogP contribution is 2.21. The van der Waals surface area contributed by atoms with E-state index in [1.54, 1.807) is 6.20 Å². The molecule has 0 radical (unpaired) electrons. The monoisotopic (exact) mass is 379 g/mol. The van der Waals surface area contributed by atoms with Gasteiger partial charge in [-0.15, -0.1) is 0 Å². The number of ether oxygens (including phenoxy) is 1. The van der Waals surface area contributed by atoms with Crippen LogP contribution < -0.4 is 10.1 Å². The fourth-order valence-electron chi connectivity index (χ4n) is 3.61. The van der Waals surface area contributed by atoms with Crippen LogP contribution in [0.3, 0.4) is 0 Å². The summed E-state index contributed by atoms with van der Waals surface area (Å²) in [6.07, 6.45) is 2.84. The zero-order chi connectivity index (χ0) is 19.5. The Labute approximate surface area is 164 Å². The number of benzene rings is 1. The van der Waals surface area contributed by atoms with Gasteiger partial charge in [-0.05, 0) is 24.6 Å². The van der Waals surface area contributed by atoms with E-state index in [1.165, 1.54) is 6.92 Å². The van der Waals surface area contributed by atoms with E-state index in [4.69, 9.17) is 9.72 Å². The second kappa shape index (κ2) is 7.98. The maximum Gasteiger partial charge on any atom is 0.217 e. The lowest BCUT2D eigenvalue weighted by Crippen LogP contribution is -2.26. The normalized spacial score (nSPS) is 17.1. The van der Waals surface area contributed by atoms with Crippen molar-refractivity contribution in [2.24, 2.45) is 7.05 Å². The average molecular weight is 379 g/mol. The van der Waals surface area contributed by atoms with Gasteiger partial charge in [0.2, 0.25) is 5.91 Å². The van der Waals surface area contributed by atoms with E-state index in [0.717, 1.165) is 54.4 Å². The van der Waals surface area contributed by atoms with E-state index in [0.29, 0.717) is 6.54 Å². The number of aryl methyl sites for hydroxylation is 1. The summed E-state index contributed by atoms with van der Waals surface area (Å²) in [6.45, 7) is 4.58. The molecular weight excluding hydrogens is 354 g/mol. The van der Waals surface area contributed by atoms with E-state index in [-0.39, 0.29) is 12.0 Å². The lowest BCUT2D eigenvalue weighted by atomic mass is 10.3. The van der Waals surface area contributed by atoms with Gasteiger partial charge in [0.1, 0.15) is 17.7 Å². The largest absolute Gasteiger partial charge is 0.489 e. The molecule has 1 amide bonds. The molecule has 1 N–H and O–H groups in total. The summed E-state index contributed by atoms with van der Waals surface area (Å²) < 4.78 is 8.33. The van der Waals surface area contributed by atoms with Gasteiger partial charge in [-0.3, -0.25) is 14.7 Å². The van der Waals surface area contributed by atoms with Crippen LogP contribution in [0, 0.1) is 0 Å². The third-order valence-electron chi connectivity index (χ3n) is 5.08. The minimum atomic E-state index is -0.0681. The van der Waals surface area contributed by atoms with Gasteiger partial charge in [0.15, 0.2) is 0 Å². The van der Waals surface area contributed by atoms with E-state index < -0.39 is 0 Å². The van der Waals surface area contributed by atoms with Gasteiger partial charge >= 0.3 is 0 Å². The smallest absolute Gasteiger partial charge is 0.217 e. The van der Waals surface area contributed by atoms with Crippen LogP contribution in [0.15, 0.2) is 42.6 Å². The number of nitrogens with zero attached hydrogens (tertiary/aromatic N) is 4. The number of rotatable bonds is 6. The van der Waals surface area contributed by atoms with Gasteiger partial charge in [0.25, 0.3) is 0 Å². The van der Waals surface area contributed by atoms with Crippen LogP contribution in [-0.4, -0.2) is 44.5 Å². The van der Waals surface area contributed by atoms with E-state index in [2.05, 4.69) is 38.9 Å². The van der Waals surface area contributed by atoms with Crippen molar-refractivity contribution < 1.29 is 9.53 Å². The van der Waals surface area contributed by atoms with Crippen molar-refractivity contribution in [2.45, 2.75) is 32.5 Å². The lowest BCUT2D eigenvalue weighted by molar-refractivity contribution is -0.119. The molecule has 3 aromatic rings. The first kappa shape index (κ1) is 18.4. The molecular formula is C21H25N5O2. The topological polar surface area (TPSA) is 72.3 Å². The summed E-state index contributed by atoms with van der Waals surface area (Å²) in [5, 5.41) is 2.76. The minimum Gasteiger partial charge on any atom is -0.489 e. The van der Waals surface area contributed by atoms with Crippen molar-refractivity contribution in [1.29, 1.82) is 0 Å². The summed E-state index contributed by atoms with van der Waals surface area (Å²) in [6, 6.07) is 12.0. The molecule has 7 nitrogen and oxygen atoms in total. The Morgan fingerprint density at radius 3 is 3.00 bits per heavy atom. The van der Waals surface area contributed by atoms with Crippen molar-refractivity contribution in [2.75, 3.05) is 13.1 Å². The Kier molecular flexibility index (Phi) is 5.25. The van der Waals surface area contributed by atoms with Crippen LogP contribution in [0.2, 0.25) is 0 Å². The molecule has 0 saturated carbocycles. The molecule has 0 aliphatic carbocycles. The van der Waals surface area contributed by atoms with Crippen molar-refractivity contribution in [3.05, 3.63) is 54.1 Å². The Morgan fingerprint density at radius 2 is 2.18 bits per heavy atom. The number of carbonyl (C=O) groups excluding carboxylic acids is 1. The molecule has 7 heteroatoms. The number of hydrogen-bond donors (Lipinski definition) is 1. The highest BCUT2D eigenvalue weighted by atomic mass is 16.5. The van der Waals surface area contributed by atoms with Crippen molar-refractivity contribution in [3.63, 3.8) is 0 Å². The average Bonchev–Trinajstić information content (AvgIpc) is 3.25. The van der Waals surface area contributed by atoms with Crippen LogP contribution in [0.4, 0.5) is 0 Å². The van der Waals surface area contributed by atoms with Crippen LogP contribution >= 0.6 is 0 Å². The van der Waals surface area contributed by atoms with Gasteiger partial charge in [0.05, 0.1) is 29.8 Å². The Balaban J connectivity index is 1.36. The zero-order valence-corrected chi connectivity index (χ0v) is 16.3. The predicted octanol–water partition coefficient (Wildman–Crippen LogP) is 2.26. The van der Waals surface area contributed by atoms with Crippen LogP contribution in [-0.2, 0) is 24.9 Å². The van der Waals surface area contributed by atoms with E-state index >= 15 is 0 Å². The molecule has 3 heterocycles. The first-order valence-electron chi connectivity index (χ1n) is 9.57. The van der Waals surface area contributed by atoms with Gasteiger partial charge in [-0.1, -0.05) is 12.1 Å². The molecule has 1 atom stereocenters. The highest BCUT2D eigenvalue weighted by molar-refractivity contribution is 5.75. The number of fused-ring (bicyclic) bond motifs is 1. The number of para-hydroxylation sites is 2. The first-order chi connectivity index (χ1) is 13.6. The maximum absolute atomic E-state index is 11.1. The molecule has 0 bridgehead atoms. The molecule has 1 aliphatic heterocycles. The van der Waals surface area contributed by atoms with Crippen LogP contribution in [0.5, 0.6) is 5.75 Å². The van der Waals surface area contributed by atoms with Crippen molar-refractivity contribution in [1.82, 2.24) is 24.8 Å². The molecule has 28 heavy (non-hydrogen) atoms. The number of imidazole rings is 1. The second-order valence-electron chi connectivity index (χ2n) is 7.23. The van der Waals surface area contributed by atoms with E-state index in [9.17, 15) is 4.79 Å². The first-order valence-corrected chi connectivity index (χ1v) is 9.57. The van der Waals surface area contributed by atoms with Gasteiger partial charge < -0.3 is 14.6 Å². The summed E-state index contributed by atoms with van der Waals surface area (Å²) in [4.78, 5) is 22.5. The fraction of sp³-hybridized carbons (Fsp3) is 0.381. The molecule has 1 aliphatic rings. The minimum absolute atomic E-state index is 0.0681. The number of likely N-dealkylation sites (tertiary alicyclic amines) is 1. The molecule has 1 fully saturated rings. The second-order valence-corrected chi connectivity index (χ2v) is 7.23. The van der Waals surface area contributed by atoms with Crippen LogP contribution in [0.25, 0.3) is 11.0 Å². The number of hydrogen-bond acceptors (Lipinski definition) is 5. The third-order valence-corrected chi connectivity index (χ3v) is 5.08. The molecule has 4 rings (SSSR count). The van der Waals surface area contributed by atoms with Crippen molar-refractivity contribution in [3.8, 4) is 5.75 Å². The number of aromatic nitrogens is 3.